The molecule has 1 aliphatic heterocycles. The van der Waals surface area contributed by atoms with Gasteiger partial charge in [0, 0.05) is 20.1 Å². The first-order valence-electron chi connectivity index (χ1n) is 11.2. The lowest BCUT2D eigenvalue weighted by Gasteiger charge is -2.29. The highest BCUT2D eigenvalue weighted by molar-refractivity contribution is 4.70. The zero-order valence-electron chi connectivity index (χ0n) is 17.6. The molecule has 0 aromatic heterocycles. The van der Waals surface area contributed by atoms with Crippen LogP contribution < -0.4 is 0 Å². The molecule has 0 bridgehead atoms. The van der Waals surface area contributed by atoms with Crippen LogP contribution in [0, 0.1) is 5.92 Å². The molecule has 0 amide bonds. The van der Waals surface area contributed by atoms with E-state index in [1.165, 1.54) is 109 Å². The van der Waals surface area contributed by atoms with Crippen molar-refractivity contribution in [3.63, 3.8) is 0 Å². The maximum Gasteiger partial charge on any atom is 0.0575 e. The van der Waals surface area contributed by atoms with Crippen LogP contribution in [0.4, 0.5) is 0 Å². The summed E-state index contributed by atoms with van der Waals surface area (Å²) in [5.41, 5.74) is 0. The topological polar surface area (TPSA) is 15.7 Å². The van der Waals surface area contributed by atoms with E-state index >= 15 is 0 Å². The molecule has 0 aliphatic carbocycles. The number of hydroxylamine groups is 2. The molecule has 1 aliphatic rings. The average Bonchev–Trinajstić information content (AvgIpc) is 2.61. The van der Waals surface area contributed by atoms with Gasteiger partial charge in [0.25, 0.3) is 0 Å². The van der Waals surface area contributed by atoms with Gasteiger partial charge in [0.15, 0.2) is 0 Å². The van der Waals surface area contributed by atoms with Gasteiger partial charge in [-0.3, -0.25) is 0 Å². The summed E-state index contributed by atoms with van der Waals surface area (Å²) < 4.78 is 0. The zero-order valence-corrected chi connectivity index (χ0v) is 17.6. The van der Waals surface area contributed by atoms with Gasteiger partial charge < -0.3 is 9.74 Å². The molecule has 0 aromatic carbocycles. The summed E-state index contributed by atoms with van der Waals surface area (Å²) in [6.07, 6.45) is 21.5. The minimum absolute atomic E-state index is 0.994. The number of nitrogens with zero attached hydrogens (tertiary/aromatic N) is 2. The van der Waals surface area contributed by atoms with Gasteiger partial charge in [0.05, 0.1) is 7.11 Å². The highest BCUT2D eigenvalue weighted by Crippen LogP contribution is 2.21. The van der Waals surface area contributed by atoms with Gasteiger partial charge in [0.1, 0.15) is 0 Å². The maximum absolute atomic E-state index is 5.12. The van der Waals surface area contributed by atoms with Crippen molar-refractivity contribution in [1.82, 2.24) is 9.96 Å². The van der Waals surface area contributed by atoms with Gasteiger partial charge in [-0.1, -0.05) is 70.6 Å². The van der Waals surface area contributed by atoms with Gasteiger partial charge in [0.2, 0.25) is 0 Å². The molecule has 1 atom stereocenters. The summed E-state index contributed by atoms with van der Waals surface area (Å²) >= 11 is 0. The van der Waals surface area contributed by atoms with Crippen molar-refractivity contribution < 1.29 is 4.84 Å². The van der Waals surface area contributed by atoms with Crippen LogP contribution in [0.5, 0.6) is 0 Å². The molecule has 3 heteroatoms. The van der Waals surface area contributed by atoms with Crippen LogP contribution in [0.3, 0.4) is 0 Å². The van der Waals surface area contributed by atoms with E-state index in [1.54, 1.807) is 7.11 Å². The van der Waals surface area contributed by atoms with Crippen LogP contribution in [0.25, 0.3) is 0 Å². The Kier molecular flexibility index (Phi) is 14.7. The van der Waals surface area contributed by atoms with Crippen LogP contribution in [-0.2, 0) is 4.84 Å². The third kappa shape index (κ3) is 13.7. The Labute approximate surface area is 158 Å². The fraction of sp³-hybridized carbons (Fsp3) is 1.00. The number of rotatable bonds is 16. The van der Waals surface area contributed by atoms with E-state index < -0.39 is 0 Å². The van der Waals surface area contributed by atoms with Crippen molar-refractivity contribution >= 4 is 0 Å². The van der Waals surface area contributed by atoms with Gasteiger partial charge >= 0.3 is 0 Å². The van der Waals surface area contributed by atoms with E-state index in [9.17, 15) is 0 Å². The first-order chi connectivity index (χ1) is 12.2. The Balaban J connectivity index is 1.72. The van der Waals surface area contributed by atoms with Crippen LogP contribution in [-0.4, -0.2) is 50.8 Å². The number of unbranched alkanes of at least 4 members (excludes halogenated alkanes) is 11. The Bertz CT molecular complexity index is 285. The van der Waals surface area contributed by atoms with E-state index in [4.69, 9.17) is 4.84 Å². The lowest BCUT2D eigenvalue weighted by molar-refractivity contribution is -0.109. The lowest BCUT2D eigenvalue weighted by Crippen LogP contribution is -2.31. The zero-order chi connectivity index (χ0) is 18.2. The molecule has 0 N–H and O–H groups in total. The second-order valence-corrected chi connectivity index (χ2v) is 8.34. The van der Waals surface area contributed by atoms with Crippen LogP contribution in [0.1, 0.15) is 96.3 Å². The summed E-state index contributed by atoms with van der Waals surface area (Å²) in [6.45, 7) is 3.73. The summed E-state index contributed by atoms with van der Waals surface area (Å²) in [4.78, 5) is 7.64. The molecule has 3 nitrogen and oxygen atoms in total. The number of likely N-dealkylation sites (tertiary alicyclic amines) is 1. The fourth-order valence-corrected chi connectivity index (χ4v) is 4.14. The molecule has 25 heavy (non-hydrogen) atoms. The predicted octanol–water partition coefficient (Wildman–Crippen LogP) is 5.89. The molecule has 0 spiro atoms. The Morgan fingerprint density at radius 2 is 1.36 bits per heavy atom. The highest BCUT2D eigenvalue weighted by atomic mass is 16.7. The van der Waals surface area contributed by atoms with Gasteiger partial charge in [-0.25, -0.2) is 0 Å². The number of piperidine rings is 1. The smallest absolute Gasteiger partial charge is 0.0575 e. The normalized spacial score (nSPS) is 19.0. The standard InChI is InChI=1S/C22H46N2O/c1-23-19-16-18-22(21-23)17-14-12-10-8-6-4-5-7-9-11-13-15-20-24(2)25-3/h22H,4-21H2,1-3H3. The maximum atomic E-state index is 5.12. The highest BCUT2D eigenvalue weighted by Gasteiger charge is 2.16. The first-order valence-corrected chi connectivity index (χ1v) is 11.2. The Morgan fingerprint density at radius 1 is 0.840 bits per heavy atom. The van der Waals surface area contributed by atoms with E-state index in [2.05, 4.69) is 11.9 Å². The molecule has 1 unspecified atom stereocenters. The molecule has 1 heterocycles. The molecule has 1 fully saturated rings. The third-order valence-corrected chi connectivity index (χ3v) is 5.87. The van der Waals surface area contributed by atoms with Crippen molar-refractivity contribution in [2.45, 2.75) is 96.3 Å². The fourth-order valence-electron chi connectivity index (χ4n) is 4.14. The lowest BCUT2D eigenvalue weighted by atomic mass is 9.92. The van der Waals surface area contributed by atoms with Crippen LogP contribution in [0.15, 0.2) is 0 Å². The Morgan fingerprint density at radius 3 is 1.88 bits per heavy atom. The number of hydrogen-bond donors (Lipinski definition) is 0. The van der Waals surface area contributed by atoms with Crippen molar-refractivity contribution in [1.29, 1.82) is 0 Å². The molecule has 150 valence electrons. The minimum atomic E-state index is 0.994. The quantitative estimate of drug-likeness (QED) is 0.254. The van der Waals surface area contributed by atoms with Gasteiger partial charge in [-0.15, -0.1) is 0 Å². The molecule has 0 saturated carbocycles. The van der Waals surface area contributed by atoms with Crippen molar-refractivity contribution in [2.75, 3.05) is 40.8 Å². The summed E-state index contributed by atoms with van der Waals surface area (Å²) in [6, 6.07) is 0. The molecular formula is C22H46N2O. The van der Waals surface area contributed by atoms with Crippen LogP contribution >= 0.6 is 0 Å². The van der Waals surface area contributed by atoms with Crippen molar-refractivity contribution in [3.05, 3.63) is 0 Å². The largest absolute Gasteiger partial charge is 0.306 e. The SMILES string of the molecule is CON(C)CCCCCCCCCCCCCCC1CCCN(C)C1. The molecule has 1 saturated heterocycles. The van der Waals surface area contributed by atoms with E-state index in [-0.39, 0.29) is 0 Å². The first kappa shape index (κ1) is 22.9. The van der Waals surface area contributed by atoms with Crippen molar-refractivity contribution in [2.24, 2.45) is 5.92 Å². The number of hydrogen-bond acceptors (Lipinski definition) is 3. The van der Waals surface area contributed by atoms with E-state index in [0.29, 0.717) is 0 Å². The van der Waals surface area contributed by atoms with E-state index in [1.807, 2.05) is 12.1 Å². The monoisotopic (exact) mass is 354 g/mol. The molecule has 0 radical (unpaired) electrons. The molecule has 0 aromatic rings. The summed E-state index contributed by atoms with van der Waals surface area (Å²) in [5.74, 6) is 0.994. The third-order valence-electron chi connectivity index (χ3n) is 5.87. The predicted molar refractivity (Wildman–Crippen MR) is 110 cm³/mol. The average molecular weight is 355 g/mol. The molecule has 1 rings (SSSR count). The minimum Gasteiger partial charge on any atom is -0.306 e. The van der Waals surface area contributed by atoms with Gasteiger partial charge in [-0.2, -0.15) is 5.06 Å². The molecular weight excluding hydrogens is 308 g/mol. The van der Waals surface area contributed by atoms with Crippen molar-refractivity contribution in [3.8, 4) is 0 Å². The second kappa shape index (κ2) is 16.1. The summed E-state index contributed by atoms with van der Waals surface area (Å²) in [7, 11) is 6.04. The van der Waals surface area contributed by atoms with E-state index in [0.717, 1.165) is 12.5 Å². The summed E-state index contributed by atoms with van der Waals surface area (Å²) in [5, 5.41) is 1.92. The van der Waals surface area contributed by atoms with Crippen LogP contribution in [0.2, 0.25) is 0 Å². The second-order valence-electron chi connectivity index (χ2n) is 8.34. The Hall–Kier alpha value is -0.120. The van der Waals surface area contributed by atoms with Gasteiger partial charge in [-0.05, 0) is 45.2 Å².